The van der Waals surface area contributed by atoms with Gasteiger partial charge in [-0.1, -0.05) is 19.8 Å². The molecular formula is C13H25F3N2O. The quantitative estimate of drug-likeness (QED) is 0.695. The van der Waals surface area contributed by atoms with Gasteiger partial charge in [0.1, 0.15) is 6.61 Å². The molecule has 1 aliphatic rings. The van der Waals surface area contributed by atoms with Gasteiger partial charge in [-0.15, -0.1) is 0 Å². The van der Waals surface area contributed by atoms with Gasteiger partial charge in [-0.25, -0.2) is 0 Å². The maximum atomic E-state index is 12.0. The number of nitrogens with two attached hydrogens (primary N) is 1. The van der Waals surface area contributed by atoms with Crippen molar-refractivity contribution in [2.45, 2.75) is 50.7 Å². The number of ether oxygens (including phenoxy) is 1. The molecule has 0 aromatic rings. The summed E-state index contributed by atoms with van der Waals surface area (Å²) in [6.45, 7) is 2.99. The fourth-order valence-corrected chi connectivity index (χ4v) is 2.90. The maximum Gasteiger partial charge on any atom is 0.411 e. The first-order valence-corrected chi connectivity index (χ1v) is 7.03. The van der Waals surface area contributed by atoms with Crippen LogP contribution in [0, 0.1) is 0 Å². The highest BCUT2D eigenvalue weighted by Crippen LogP contribution is 2.34. The Hall–Kier alpha value is -0.330. The smallest absolute Gasteiger partial charge is 0.371 e. The number of hydrogen-bond acceptors (Lipinski definition) is 3. The third kappa shape index (κ3) is 5.28. The van der Waals surface area contributed by atoms with Crippen molar-refractivity contribution in [1.29, 1.82) is 0 Å². The zero-order valence-electron chi connectivity index (χ0n) is 11.6. The monoisotopic (exact) mass is 282 g/mol. The van der Waals surface area contributed by atoms with Gasteiger partial charge in [0.25, 0.3) is 0 Å². The lowest BCUT2D eigenvalue weighted by atomic mass is 9.95. The Bertz CT molecular complexity index is 253. The van der Waals surface area contributed by atoms with Crippen LogP contribution in [0.2, 0.25) is 0 Å². The summed E-state index contributed by atoms with van der Waals surface area (Å²) in [6, 6.07) is 0. The number of hydrogen-bond donors (Lipinski definition) is 1. The molecule has 1 saturated carbocycles. The van der Waals surface area contributed by atoms with Crippen molar-refractivity contribution >= 4 is 0 Å². The normalized spacial score (nSPS) is 19.3. The van der Waals surface area contributed by atoms with Gasteiger partial charge in [-0.05, 0) is 25.8 Å². The minimum absolute atomic E-state index is 0.0163. The molecule has 114 valence electrons. The lowest BCUT2D eigenvalue weighted by molar-refractivity contribution is -0.175. The van der Waals surface area contributed by atoms with Gasteiger partial charge < -0.3 is 10.5 Å². The molecule has 2 N–H and O–H groups in total. The first-order chi connectivity index (χ1) is 8.93. The Morgan fingerprint density at radius 3 is 2.32 bits per heavy atom. The van der Waals surface area contributed by atoms with E-state index in [2.05, 4.69) is 11.8 Å². The summed E-state index contributed by atoms with van der Waals surface area (Å²) in [5, 5.41) is 0. The molecule has 0 aromatic carbocycles. The summed E-state index contributed by atoms with van der Waals surface area (Å²) in [5.74, 6) is 0. The zero-order chi connectivity index (χ0) is 14.4. The maximum absolute atomic E-state index is 12.0. The van der Waals surface area contributed by atoms with E-state index in [1.54, 1.807) is 0 Å². The highest BCUT2D eigenvalue weighted by atomic mass is 19.4. The average Bonchev–Trinajstić information content (AvgIpc) is 2.81. The molecule has 3 nitrogen and oxygen atoms in total. The summed E-state index contributed by atoms with van der Waals surface area (Å²) < 4.78 is 40.8. The molecule has 0 aromatic heterocycles. The highest BCUT2D eigenvalue weighted by molar-refractivity contribution is 4.95. The molecule has 1 aliphatic carbocycles. The van der Waals surface area contributed by atoms with Gasteiger partial charge in [-0.2, -0.15) is 13.2 Å². The van der Waals surface area contributed by atoms with Crippen LogP contribution in [0.1, 0.15) is 39.0 Å². The Kier molecular flexibility index (Phi) is 6.56. The van der Waals surface area contributed by atoms with Gasteiger partial charge >= 0.3 is 6.18 Å². The van der Waals surface area contributed by atoms with Crippen molar-refractivity contribution in [2.75, 3.05) is 32.8 Å². The first kappa shape index (κ1) is 16.7. The summed E-state index contributed by atoms with van der Waals surface area (Å²) in [5.41, 5.74) is 5.89. The van der Waals surface area contributed by atoms with Crippen LogP contribution in [0.4, 0.5) is 13.2 Å². The Labute approximate surface area is 113 Å². The van der Waals surface area contributed by atoms with Crippen LogP contribution in [-0.2, 0) is 4.74 Å². The molecule has 0 radical (unpaired) electrons. The Morgan fingerprint density at radius 1 is 1.21 bits per heavy atom. The predicted molar refractivity (Wildman–Crippen MR) is 69.0 cm³/mol. The van der Waals surface area contributed by atoms with Gasteiger partial charge in [0.2, 0.25) is 0 Å². The van der Waals surface area contributed by atoms with Crippen molar-refractivity contribution in [3.05, 3.63) is 0 Å². The van der Waals surface area contributed by atoms with E-state index in [-0.39, 0.29) is 12.1 Å². The minimum atomic E-state index is -4.24. The molecule has 0 spiro atoms. The largest absolute Gasteiger partial charge is 0.411 e. The van der Waals surface area contributed by atoms with Crippen LogP contribution in [0.15, 0.2) is 0 Å². The molecule has 0 bridgehead atoms. The van der Waals surface area contributed by atoms with E-state index >= 15 is 0 Å². The molecule has 0 atom stereocenters. The van der Waals surface area contributed by atoms with Crippen LogP contribution < -0.4 is 5.73 Å². The van der Waals surface area contributed by atoms with Crippen LogP contribution in [0.25, 0.3) is 0 Å². The molecular weight excluding hydrogens is 257 g/mol. The lowest BCUT2D eigenvalue weighted by Crippen LogP contribution is -2.53. The van der Waals surface area contributed by atoms with Crippen molar-refractivity contribution in [3.63, 3.8) is 0 Å². The second kappa shape index (κ2) is 7.45. The standard InChI is InChI=1S/C13H25F3N2O/c1-2-7-18(8-9-19-11-13(14,15)16)12(10-17)5-3-4-6-12/h2-11,17H2,1H3. The third-order valence-corrected chi connectivity index (χ3v) is 3.85. The van der Waals surface area contributed by atoms with E-state index in [0.717, 1.165) is 38.6 Å². The Morgan fingerprint density at radius 2 is 1.84 bits per heavy atom. The molecule has 0 saturated heterocycles. The van der Waals surface area contributed by atoms with Crippen molar-refractivity contribution in [1.82, 2.24) is 4.90 Å². The fraction of sp³-hybridized carbons (Fsp3) is 1.00. The van der Waals surface area contributed by atoms with Crippen LogP contribution in [0.5, 0.6) is 0 Å². The molecule has 1 rings (SSSR count). The molecule has 0 aliphatic heterocycles. The number of rotatable bonds is 8. The first-order valence-electron chi connectivity index (χ1n) is 7.03. The van der Waals surface area contributed by atoms with Crippen molar-refractivity contribution < 1.29 is 17.9 Å². The molecule has 0 amide bonds. The van der Waals surface area contributed by atoms with Crippen LogP contribution in [-0.4, -0.2) is 49.5 Å². The highest BCUT2D eigenvalue weighted by Gasteiger charge is 2.37. The molecule has 0 unspecified atom stereocenters. The molecule has 0 heterocycles. The lowest BCUT2D eigenvalue weighted by Gasteiger charge is -2.40. The van der Waals surface area contributed by atoms with E-state index in [1.807, 2.05) is 0 Å². The van der Waals surface area contributed by atoms with Gasteiger partial charge in [0.15, 0.2) is 0 Å². The summed E-state index contributed by atoms with van der Waals surface area (Å²) in [7, 11) is 0. The van der Waals surface area contributed by atoms with E-state index in [0.29, 0.717) is 13.1 Å². The fourth-order valence-electron chi connectivity index (χ4n) is 2.90. The SMILES string of the molecule is CCCN(CCOCC(F)(F)F)C1(CN)CCCC1. The summed E-state index contributed by atoms with van der Waals surface area (Å²) in [6.07, 6.45) is 1.13. The van der Waals surface area contributed by atoms with Crippen molar-refractivity contribution in [2.24, 2.45) is 5.73 Å². The van der Waals surface area contributed by atoms with Gasteiger partial charge in [0.05, 0.1) is 6.61 Å². The predicted octanol–water partition coefficient (Wildman–Crippen LogP) is 2.55. The van der Waals surface area contributed by atoms with E-state index in [4.69, 9.17) is 10.5 Å². The number of alkyl halides is 3. The third-order valence-electron chi connectivity index (χ3n) is 3.85. The second-order valence-electron chi connectivity index (χ2n) is 5.29. The van der Waals surface area contributed by atoms with E-state index in [1.165, 1.54) is 0 Å². The van der Waals surface area contributed by atoms with Crippen LogP contribution in [0.3, 0.4) is 0 Å². The van der Waals surface area contributed by atoms with Gasteiger partial charge in [0, 0.05) is 18.6 Å². The van der Waals surface area contributed by atoms with Crippen molar-refractivity contribution in [3.8, 4) is 0 Å². The minimum Gasteiger partial charge on any atom is -0.371 e. The molecule has 1 fully saturated rings. The molecule has 19 heavy (non-hydrogen) atoms. The van der Waals surface area contributed by atoms with E-state index < -0.39 is 12.8 Å². The summed E-state index contributed by atoms with van der Waals surface area (Å²) in [4.78, 5) is 2.23. The van der Waals surface area contributed by atoms with Crippen LogP contribution >= 0.6 is 0 Å². The summed E-state index contributed by atoms with van der Waals surface area (Å²) >= 11 is 0. The van der Waals surface area contributed by atoms with Gasteiger partial charge in [-0.3, -0.25) is 4.90 Å². The number of halogens is 3. The Balaban J connectivity index is 2.44. The number of nitrogens with zero attached hydrogens (tertiary/aromatic N) is 1. The topological polar surface area (TPSA) is 38.5 Å². The average molecular weight is 282 g/mol. The van der Waals surface area contributed by atoms with E-state index in [9.17, 15) is 13.2 Å². The molecule has 6 heteroatoms. The second-order valence-corrected chi connectivity index (χ2v) is 5.29. The zero-order valence-corrected chi connectivity index (χ0v) is 11.6.